The number of halogens is 2. The molecule has 0 rings (SSSR count). The summed E-state index contributed by atoms with van der Waals surface area (Å²) in [5, 5.41) is 26.6. The molecule has 0 radical (unpaired) electrons. The summed E-state index contributed by atoms with van der Waals surface area (Å²) in [5.41, 5.74) is -1.48. The predicted molar refractivity (Wildman–Crippen MR) is 79.8 cm³/mol. The lowest BCUT2D eigenvalue weighted by molar-refractivity contribution is -0.199. The van der Waals surface area contributed by atoms with Crippen molar-refractivity contribution in [3.63, 3.8) is 0 Å². The van der Waals surface area contributed by atoms with Crippen molar-refractivity contribution in [2.75, 3.05) is 19.8 Å². The molecule has 8 nitrogen and oxygen atoms in total. The van der Waals surface area contributed by atoms with Crippen LogP contribution in [0, 0.1) is 11.3 Å². The molecule has 0 aliphatic carbocycles. The van der Waals surface area contributed by atoms with Crippen LogP contribution in [-0.4, -0.2) is 65.1 Å². The molecule has 25 heavy (non-hydrogen) atoms. The molecule has 0 spiro atoms. The molecule has 3 N–H and O–H groups in total. The van der Waals surface area contributed by atoms with Crippen LogP contribution in [0.1, 0.15) is 33.6 Å². The average molecular weight is 370 g/mol. The van der Waals surface area contributed by atoms with Gasteiger partial charge in [-0.05, 0) is 19.3 Å². The zero-order valence-corrected chi connectivity index (χ0v) is 14.3. The summed E-state index contributed by atoms with van der Waals surface area (Å²) in [5.74, 6) is -9.46. The molecule has 0 aromatic carbocycles. The van der Waals surface area contributed by atoms with Crippen LogP contribution < -0.4 is 0 Å². The van der Waals surface area contributed by atoms with E-state index in [0.29, 0.717) is 0 Å². The number of hydrogen-bond donors (Lipinski definition) is 3. The van der Waals surface area contributed by atoms with Gasteiger partial charge in [0.05, 0.1) is 19.8 Å². The maximum Gasteiger partial charge on any atom is 0.378 e. The van der Waals surface area contributed by atoms with Gasteiger partial charge in [-0.25, -0.2) is 4.79 Å². The number of esters is 2. The molecule has 0 amide bonds. The van der Waals surface area contributed by atoms with E-state index in [1.54, 1.807) is 0 Å². The Morgan fingerprint density at radius 3 is 2.04 bits per heavy atom. The number of alkyl halides is 2. The second-order valence-corrected chi connectivity index (χ2v) is 6.20. The van der Waals surface area contributed by atoms with Crippen molar-refractivity contribution in [1.29, 1.82) is 0 Å². The Balaban J connectivity index is 4.48. The second kappa shape index (κ2) is 9.62. The third kappa shape index (κ3) is 6.54. The fourth-order valence-corrected chi connectivity index (χ4v) is 1.69. The fraction of sp³-hybridized carbons (Fsp3) is 0.800. The standard InChI is InChI=1S/C15H24F2O8/c1-9(2)11(15(16,17)12(21)22)25-10(20)5-4-6-24-13(23)14(3,7-18)8-19/h9,11,18-19H,4-8H2,1-3H3,(H,21,22). The first-order chi connectivity index (χ1) is 11.4. The molecule has 10 heteroatoms. The zero-order valence-electron chi connectivity index (χ0n) is 14.3. The van der Waals surface area contributed by atoms with Crippen LogP contribution in [0.5, 0.6) is 0 Å². The van der Waals surface area contributed by atoms with E-state index in [9.17, 15) is 23.2 Å². The Morgan fingerprint density at radius 2 is 1.64 bits per heavy atom. The number of hydrogen-bond acceptors (Lipinski definition) is 7. The van der Waals surface area contributed by atoms with E-state index < -0.39 is 54.5 Å². The molecular weight excluding hydrogens is 346 g/mol. The first-order valence-corrected chi connectivity index (χ1v) is 7.62. The van der Waals surface area contributed by atoms with Gasteiger partial charge in [0.25, 0.3) is 0 Å². The van der Waals surface area contributed by atoms with Crippen LogP contribution in [0.2, 0.25) is 0 Å². The first kappa shape index (κ1) is 23.2. The minimum atomic E-state index is -4.22. The van der Waals surface area contributed by atoms with Crippen LogP contribution in [0.15, 0.2) is 0 Å². The van der Waals surface area contributed by atoms with Crippen molar-refractivity contribution in [2.24, 2.45) is 11.3 Å². The second-order valence-electron chi connectivity index (χ2n) is 6.20. The molecule has 0 saturated heterocycles. The highest BCUT2D eigenvalue weighted by Gasteiger charge is 2.51. The van der Waals surface area contributed by atoms with E-state index in [1.807, 2.05) is 0 Å². The van der Waals surface area contributed by atoms with E-state index in [0.717, 1.165) is 0 Å². The number of carbonyl (C=O) groups is 3. The monoisotopic (exact) mass is 370 g/mol. The van der Waals surface area contributed by atoms with Gasteiger partial charge >= 0.3 is 23.8 Å². The molecule has 0 bridgehead atoms. The summed E-state index contributed by atoms with van der Waals surface area (Å²) in [6.45, 7) is 2.34. The normalized spacial score (nSPS) is 13.4. The number of carboxylic acids is 1. The van der Waals surface area contributed by atoms with Crippen molar-refractivity contribution in [1.82, 2.24) is 0 Å². The van der Waals surface area contributed by atoms with E-state index >= 15 is 0 Å². The van der Waals surface area contributed by atoms with Gasteiger partial charge < -0.3 is 24.8 Å². The van der Waals surface area contributed by atoms with Crippen LogP contribution >= 0.6 is 0 Å². The molecule has 0 aliphatic heterocycles. The fourth-order valence-electron chi connectivity index (χ4n) is 1.69. The molecule has 1 unspecified atom stereocenters. The topological polar surface area (TPSA) is 130 Å². The van der Waals surface area contributed by atoms with Gasteiger partial charge in [0.2, 0.25) is 0 Å². The number of rotatable bonds is 11. The smallest absolute Gasteiger partial charge is 0.378 e. The Kier molecular flexibility index (Phi) is 8.92. The van der Waals surface area contributed by atoms with Crippen molar-refractivity contribution >= 4 is 17.9 Å². The number of carbonyl (C=O) groups excluding carboxylic acids is 2. The molecular formula is C15H24F2O8. The number of aliphatic carboxylic acids is 1. The highest BCUT2D eigenvalue weighted by atomic mass is 19.3. The number of ether oxygens (including phenoxy) is 2. The first-order valence-electron chi connectivity index (χ1n) is 7.62. The van der Waals surface area contributed by atoms with Crippen LogP contribution in [-0.2, 0) is 23.9 Å². The lowest BCUT2D eigenvalue weighted by Crippen LogP contribution is -2.47. The molecule has 0 aromatic heterocycles. The highest BCUT2D eigenvalue weighted by Crippen LogP contribution is 2.28. The Morgan fingerprint density at radius 1 is 1.12 bits per heavy atom. The molecule has 0 heterocycles. The summed E-state index contributed by atoms with van der Waals surface area (Å²) in [7, 11) is 0. The quantitative estimate of drug-likeness (QED) is 0.356. The summed E-state index contributed by atoms with van der Waals surface area (Å²) in [6.07, 6.45) is -2.55. The summed E-state index contributed by atoms with van der Waals surface area (Å²) in [6, 6.07) is 0. The van der Waals surface area contributed by atoms with Crippen molar-refractivity contribution in [2.45, 2.75) is 45.6 Å². The number of aliphatic hydroxyl groups excluding tert-OH is 2. The number of carboxylic acid groups (broad SMARTS) is 1. The summed E-state index contributed by atoms with van der Waals surface area (Å²) < 4.78 is 36.4. The Hall–Kier alpha value is -1.81. The lowest BCUT2D eigenvalue weighted by atomic mass is 9.93. The number of aliphatic hydroxyl groups is 2. The molecule has 0 aromatic rings. The maximum absolute atomic E-state index is 13.5. The van der Waals surface area contributed by atoms with Gasteiger partial charge in [-0.15, -0.1) is 0 Å². The largest absolute Gasteiger partial charge is 0.477 e. The minimum absolute atomic E-state index is 0.0546. The molecule has 0 fully saturated rings. The highest BCUT2D eigenvalue weighted by molar-refractivity contribution is 5.78. The minimum Gasteiger partial charge on any atom is -0.477 e. The van der Waals surface area contributed by atoms with Crippen LogP contribution in [0.3, 0.4) is 0 Å². The third-order valence-electron chi connectivity index (χ3n) is 3.46. The van der Waals surface area contributed by atoms with Gasteiger partial charge in [-0.2, -0.15) is 8.78 Å². The summed E-state index contributed by atoms with van der Waals surface area (Å²) in [4.78, 5) is 33.8. The predicted octanol–water partition coefficient (Wildman–Crippen LogP) is 0.588. The van der Waals surface area contributed by atoms with Gasteiger partial charge in [0.15, 0.2) is 6.10 Å². The van der Waals surface area contributed by atoms with Crippen molar-refractivity contribution in [3.05, 3.63) is 0 Å². The van der Waals surface area contributed by atoms with Gasteiger partial charge in [-0.3, -0.25) is 9.59 Å². The van der Waals surface area contributed by atoms with Crippen molar-refractivity contribution in [3.8, 4) is 0 Å². The molecule has 1 atom stereocenters. The SMILES string of the molecule is CC(C)C(OC(=O)CCCOC(=O)C(C)(CO)CO)C(F)(F)C(=O)O. The third-order valence-corrected chi connectivity index (χ3v) is 3.46. The molecule has 0 aliphatic rings. The van der Waals surface area contributed by atoms with E-state index in [2.05, 4.69) is 4.74 Å². The Labute approximate surface area is 143 Å². The van der Waals surface area contributed by atoms with Crippen LogP contribution in [0.4, 0.5) is 8.78 Å². The summed E-state index contributed by atoms with van der Waals surface area (Å²) >= 11 is 0. The molecule has 0 saturated carbocycles. The maximum atomic E-state index is 13.5. The van der Waals surface area contributed by atoms with E-state index in [-0.39, 0.29) is 19.4 Å². The molecule has 146 valence electrons. The van der Waals surface area contributed by atoms with Gasteiger partial charge in [-0.1, -0.05) is 13.8 Å². The van der Waals surface area contributed by atoms with Gasteiger partial charge in [0.1, 0.15) is 5.41 Å². The van der Waals surface area contributed by atoms with Gasteiger partial charge in [0, 0.05) is 6.42 Å². The Bertz CT molecular complexity index is 474. The van der Waals surface area contributed by atoms with Crippen molar-refractivity contribution < 1.29 is 48.0 Å². The zero-order chi connectivity index (χ0) is 19.8. The van der Waals surface area contributed by atoms with E-state index in [1.165, 1.54) is 20.8 Å². The van der Waals surface area contributed by atoms with E-state index in [4.69, 9.17) is 20.1 Å². The lowest BCUT2D eigenvalue weighted by Gasteiger charge is -2.26. The average Bonchev–Trinajstić information content (AvgIpc) is 2.54. The van der Waals surface area contributed by atoms with Crippen LogP contribution in [0.25, 0.3) is 0 Å².